The van der Waals surface area contributed by atoms with Crippen molar-refractivity contribution in [3.8, 4) is 0 Å². The van der Waals surface area contributed by atoms with Crippen LogP contribution in [0.2, 0.25) is 0 Å². The third-order valence-corrected chi connectivity index (χ3v) is 4.26. The highest BCUT2D eigenvalue weighted by molar-refractivity contribution is 7.10. The van der Waals surface area contributed by atoms with Gasteiger partial charge in [0.2, 0.25) is 0 Å². The molecule has 1 aliphatic rings. The monoisotopic (exact) mass is 268 g/mol. The van der Waals surface area contributed by atoms with Gasteiger partial charge in [0.1, 0.15) is 10.6 Å². The molecule has 0 atom stereocenters. The average Bonchev–Trinajstić information content (AvgIpc) is 2.96. The van der Waals surface area contributed by atoms with Gasteiger partial charge in [0.25, 0.3) is 0 Å². The van der Waals surface area contributed by atoms with Crippen molar-refractivity contribution in [3.63, 3.8) is 0 Å². The van der Waals surface area contributed by atoms with E-state index >= 15 is 0 Å². The van der Waals surface area contributed by atoms with Crippen molar-refractivity contribution in [2.75, 3.05) is 18.5 Å². The van der Waals surface area contributed by atoms with Crippen LogP contribution in [-0.4, -0.2) is 23.5 Å². The number of rotatable bonds is 5. The molecule has 2 rings (SSSR count). The smallest absolute Gasteiger partial charge is 0.343 e. The van der Waals surface area contributed by atoms with Crippen molar-refractivity contribution in [1.82, 2.24) is 4.37 Å². The van der Waals surface area contributed by atoms with Crippen LogP contribution in [0.15, 0.2) is 0 Å². The van der Waals surface area contributed by atoms with Crippen LogP contribution in [0.1, 0.15) is 48.7 Å². The lowest BCUT2D eigenvalue weighted by Gasteiger charge is -2.11. The van der Waals surface area contributed by atoms with Crippen LogP contribution >= 0.6 is 11.5 Å². The molecule has 1 N–H and O–H groups in total. The van der Waals surface area contributed by atoms with Crippen LogP contribution in [0, 0.1) is 12.8 Å². The Bertz CT molecular complexity index is 411. The number of hydrogen-bond acceptors (Lipinski definition) is 5. The van der Waals surface area contributed by atoms with E-state index in [0.717, 1.165) is 23.2 Å². The molecule has 4 nitrogen and oxygen atoms in total. The Balaban J connectivity index is 2.01. The van der Waals surface area contributed by atoms with Crippen LogP contribution in [0.4, 0.5) is 5.00 Å². The molecular weight excluding hydrogens is 248 g/mol. The number of ether oxygens (including phenoxy) is 1. The second-order valence-electron chi connectivity index (χ2n) is 4.72. The summed E-state index contributed by atoms with van der Waals surface area (Å²) in [5.74, 6) is 0.472. The minimum Gasteiger partial charge on any atom is -0.462 e. The quantitative estimate of drug-likeness (QED) is 0.833. The van der Waals surface area contributed by atoms with Crippen molar-refractivity contribution < 1.29 is 9.53 Å². The molecule has 0 spiro atoms. The Morgan fingerprint density at radius 1 is 1.50 bits per heavy atom. The van der Waals surface area contributed by atoms with Gasteiger partial charge in [0, 0.05) is 6.54 Å². The number of nitrogens with zero attached hydrogens (tertiary/aromatic N) is 1. The zero-order valence-electron chi connectivity index (χ0n) is 11.0. The molecule has 1 aromatic rings. The van der Waals surface area contributed by atoms with E-state index in [9.17, 15) is 4.79 Å². The largest absolute Gasteiger partial charge is 0.462 e. The van der Waals surface area contributed by atoms with Crippen molar-refractivity contribution in [2.24, 2.45) is 5.92 Å². The van der Waals surface area contributed by atoms with Crippen molar-refractivity contribution in [2.45, 2.75) is 39.5 Å². The predicted molar refractivity (Wildman–Crippen MR) is 73.3 cm³/mol. The molecule has 1 aromatic heterocycles. The van der Waals surface area contributed by atoms with Crippen LogP contribution in [-0.2, 0) is 4.74 Å². The highest BCUT2D eigenvalue weighted by Crippen LogP contribution is 2.28. The standard InChI is InChI=1S/C13H20N2O2S/c1-3-17-13(16)11-9(2)15-18-12(11)14-8-10-6-4-5-7-10/h10,14H,3-8H2,1-2H3. The second kappa shape index (κ2) is 6.18. The zero-order chi connectivity index (χ0) is 13.0. The molecule has 0 saturated heterocycles. The molecule has 1 aliphatic carbocycles. The van der Waals surface area contributed by atoms with E-state index in [-0.39, 0.29) is 5.97 Å². The van der Waals surface area contributed by atoms with Gasteiger partial charge in [-0.05, 0) is 44.1 Å². The fourth-order valence-corrected chi connectivity index (χ4v) is 3.18. The minimum absolute atomic E-state index is 0.266. The molecule has 0 bridgehead atoms. The van der Waals surface area contributed by atoms with Crippen LogP contribution in [0.25, 0.3) is 0 Å². The van der Waals surface area contributed by atoms with Gasteiger partial charge in [-0.25, -0.2) is 4.79 Å². The summed E-state index contributed by atoms with van der Waals surface area (Å²) in [5.41, 5.74) is 1.37. The first kappa shape index (κ1) is 13.3. The summed E-state index contributed by atoms with van der Waals surface area (Å²) in [7, 11) is 0. The lowest BCUT2D eigenvalue weighted by molar-refractivity contribution is 0.0527. The molecule has 0 aliphatic heterocycles. The summed E-state index contributed by atoms with van der Waals surface area (Å²) in [4.78, 5) is 11.8. The van der Waals surface area contributed by atoms with Crippen LogP contribution in [0.5, 0.6) is 0 Å². The number of hydrogen-bond donors (Lipinski definition) is 1. The van der Waals surface area contributed by atoms with Gasteiger partial charge in [-0.3, -0.25) is 0 Å². The van der Waals surface area contributed by atoms with Crippen LogP contribution in [0.3, 0.4) is 0 Å². The summed E-state index contributed by atoms with van der Waals surface area (Å²) < 4.78 is 9.31. The molecule has 100 valence electrons. The number of nitrogens with one attached hydrogen (secondary N) is 1. The molecule has 0 amide bonds. The van der Waals surface area contributed by atoms with Gasteiger partial charge in [0.05, 0.1) is 12.3 Å². The van der Waals surface area contributed by atoms with Crippen molar-refractivity contribution in [3.05, 3.63) is 11.3 Å². The number of carbonyl (C=O) groups excluding carboxylic acids is 1. The van der Waals surface area contributed by atoms with E-state index in [1.54, 1.807) is 0 Å². The Morgan fingerprint density at radius 3 is 2.89 bits per heavy atom. The summed E-state index contributed by atoms with van der Waals surface area (Å²) in [5, 5.41) is 4.23. The first-order valence-electron chi connectivity index (χ1n) is 6.59. The maximum Gasteiger partial charge on any atom is 0.343 e. The molecule has 0 unspecified atom stereocenters. The predicted octanol–water partition coefficient (Wildman–Crippen LogP) is 3.23. The van der Waals surface area contributed by atoms with E-state index in [4.69, 9.17) is 4.74 Å². The van der Waals surface area contributed by atoms with Crippen molar-refractivity contribution in [1.29, 1.82) is 0 Å². The van der Waals surface area contributed by atoms with Gasteiger partial charge in [-0.15, -0.1) is 0 Å². The lowest BCUT2D eigenvalue weighted by atomic mass is 10.1. The van der Waals surface area contributed by atoms with Crippen LogP contribution < -0.4 is 5.32 Å². The molecule has 0 radical (unpaired) electrons. The SMILES string of the molecule is CCOC(=O)c1c(C)nsc1NCC1CCCC1. The Labute approximate surface area is 112 Å². The summed E-state index contributed by atoms with van der Waals surface area (Å²) >= 11 is 1.35. The zero-order valence-corrected chi connectivity index (χ0v) is 11.8. The number of aryl methyl sites for hydroxylation is 1. The highest BCUT2D eigenvalue weighted by Gasteiger charge is 2.21. The van der Waals surface area contributed by atoms with Gasteiger partial charge < -0.3 is 10.1 Å². The molecule has 1 heterocycles. The second-order valence-corrected chi connectivity index (χ2v) is 5.50. The Kier molecular flexibility index (Phi) is 4.58. The topological polar surface area (TPSA) is 51.2 Å². The first-order chi connectivity index (χ1) is 8.72. The van der Waals surface area contributed by atoms with Crippen molar-refractivity contribution >= 4 is 22.5 Å². The minimum atomic E-state index is -0.266. The molecule has 1 saturated carbocycles. The van der Waals surface area contributed by atoms with E-state index in [1.165, 1.54) is 37.2 Å². The van der Waals surface area contributed by atoms with Gasteiger partial charge in [-0.2, -0.15) is 4.37 Å². The molecule has 18 heavy (non-hydrogen) atoms. The van der Waals surface area contributed by atoms with E-state index < -0.39 is 0 Å². The molecule has 0 aromatic carbocycles. The van der Waals surface area contributed by atoms with E-state index in [2.05, 4.69) is 9.69 Å². The fourth-order valence-electron chi connectivity index (χ4n) is 2.39. The average molecular weight is 268 g/mol. The van der Waals surface area contributed by atoms with E-state index in [0.29, 0.717) is 12.2 Å². The maximum absolute atomic E-state index is 11.8. The third-order valence-electron chi connectivity index (χ3n) is 3.37. The highest BCUT2D eigenvalue weighted by atomic mass is 32.1. The van der Waals surface area contributed by atoms with E-state index in [1.807, 2.05) is 13.8 Å². The summed E-state index contributed by atoms with van der Waals surface area (Å²) in [6, 6.07) is 0. The lowest BCUT2D eigenvalue weighted by Crippen LogP contribution is -2.13. The molecule has 1 fully saturated rings. The number of anilines is 1. The number of aromatic nitrogens is 1. The summed E-state index contributed by atoms with van der Waals surface area (Å²) in [6.07, 6.45) is 5.25. The van der Waals surface area contributed by atoms with Gasteiger partial charge in [0.15, 0.2) is 0 Å². The van der Waals surface area contributed by atoms with Gasteiger partial charge in [-0.1, -0.05) is 12.8 Å². The third kappa shape index (κ3) is 3.02. The Hall–Kier alpha value is -1.10. The number of carbonyl (C=O) groups is 1. The first-order valence-corrected chi connectivity index (χ1v) is 7.37. The van der Waals surface area contributed by atoms with Gasteiger partial charge >= 0.3 is 5.97 Å². The fraction of sp³-hybridized carbons (Fsp3) is 0.692. The molecule has 5 heteroatoms. The summed E-state index contributed by atoms with van der Waals surface area (Å²) in [6.45, 7) is 5.01. The maximum atomic E-state index is 11.8. The Morgan fingerprint density at radius 2 is 2.22 bits per heavy atom. The number of esters is 1. The molecular formula is C13H20N2O2S. The normalized spacial score (nSPS) is 15.9.